The van der Waals surface area contributed by atoms with Crippen molar-refractivity contribution in [3.8, 4) is 5.75 Å². The number of phenolic OH excluding ortho intramolecular Hbond substituents is 1. The van der Waals surface area contributed by atoms with Gasteiger partial charge < -0.3 is 10.2 Å². The van der Waals surface area contributed by atoms with Crippen molar-refractivity contribution in [2.75, 3.05) is 4.90 Å². The van der Waals surface area contributed by atoms with Crippen LogP contribution in [0.25, 0.3) is 5.76 Å². The molecule has 8 heteroatoms. The van der Waals surface area contributed by atoms with Crippen LogP contribution in [0.5, 0.6) is 5.75 Å². The number of halogens is 3. The number of carbonyl (C=O) groups is 2. The fourth-order valence-electron chi connectivity index (χ4n) is 3.51. The number of Topliss-reactive ketones (excluding diaryl/α,β-unsaturated/α-hetero) is 1. The first kappa shape index (κ1) is 20.7. The summed E-state index contributed by atoms with van der Waals surface area (Å²) >= 11 is 3.29. The van der Waals surface area contributed by atoms with Crippen molar-refractivity contribution < 1.29 is 28.6 Å². The topological polar surface area (TPSA) is 77.8 Å². The van der Waals surface area contributed by atoms with Crippen molar-refractivity contribution in [1.82, 2.24) is 0 Å². The molecule has 31 heavy (non-hydrogen) atoms. The summed E-state index contributed by atoms with van der Waals surface area (Å²) in [4.78, 5) is 26.8. The second-order valence-corrected chi connectivity index (χ2v) is 7.79. The molecule has 0 spiro atoms. The fraction of sp³-hybridized carbons (Fsp3) is 0.0435. The van der Waals surface area contributed by atoms with Crippen molar-refractivity contribution in [2.45, 2.75) is 6.04 Å². The van der Waals surface area contributed by atoms with E-state index in [9.17, 15) is 28.6 Å². The predicted octanol–water partition coefficient (Wildman–Crippen LogP) is 5.06. The molecule has 1 amide bonds. The van der Waals surface area contributed by atoms with Crippen LogP contribution in [0.2, 0.25) is 0 Å². The third-order valence-corrected chi connectivity index (χ3v) is 5.46. The fourth-order valence-corrected chi connectivity index (χ4v) is 3.77. The third-order valence-electron chi connectivity index (χ3n) is 4.93. The molecule has 0 radical (unpaired) electrons. The van der Waals surface area contributed by atoms with E-state index < -0.39 is 35.1 Å². The monoisotopic (exact) mass is 485 g/mol. The maximum Gasteiger partial charge on any atom is 0.300 e. The summed E-state index contributed by atoms with van der Waals surface area (Å²) < 4.78 is 28.1. The lowest BCUT2D eigenvalue weighted by Gasteiger charge is -2.25. The first-order chi connectivity index (χ1) is 14.8. The van der Waals surface area contributed by atoms with Gasteiger partial charge in [-0.2, -0.15) is 0 Å². The van der Waals surface area contributed by atoms with Gasteiger partial charge in [-0.3, -0.25) is 14.5 Å². The average molecular weight is 486 g/mol. The number of ketones is 1. The molecule has 0 aromatic heterocycles. The molecule has 1 aliphatic heterocycles. The van der Waals surface area contributed by atoms with Gasteiger partial charge in [0.05, 0.1) is 11.6 Å². The Labute approximate surface area is 184 Å². The van der Waals surface area contributed by atoms with Crippen LogP contribution in [-0.2, 0) is 9.59 Å². The number of carbonyl (C=O) groups excluding carboxylic acids is 2. The summed E-state index contributed by atoms with van der Waals surface area (Å²) in [7, 11) is 0. The Hall–Kier alpha value is -3.52. The number of rotatable bonds is 3. The van der Waals surface area contributed by atoms with Crippen molar-refractivity contribution in [2.24, 2.45) is 0 Å². The zero-order valence-electron chi connectivity index (χ0n) is 15.7. The summed E-state index contributed by atoms with van der Waals surface area (Å²) in [6, 6.07) is 13.9. The Morgan fingerprint density at radius 1 is 0.935 bits per heavy atom. The van der Waals surface area contributed by atoms with Crippen molar-refractivity contribution in [1.29, 1.82) is 0 Å². The number of hydrogen-bond donors (Lipinski definition) is 2. The van der Waals surface area contributed by atoms with E-state index in [0.717, 1.165) is 21.5 Å². The zero-order chi connectivity index (χ0) is 22.3. The van der Waals surface area contributed by atoms with Gasteiger partial charge >= 0.3 is 0 Å². The number of amides is 1. The average Bonchev–Trinajstić information content (AvgIpc) is 3.01. The van der Waals surface area contributed by atoms with Crippen LogP contribution in [0.4, 0.5) is 14.5 Å². The maximum atomic E-state index is 13.9. The summed E-state index contributed by atoms with van der Waals surface area (Å²) in [6.45, 7) is 0. The van der Waals surface area contributed by atoms with E-state index in [1.165, 1.54) is 24.3 Å². The quantitative estimate of drug-likeness (QED) is 0.308. The van der Waals surface area contributed by atoms with Crippen LogP contribution in [-0.4, -0.2) is 21.9 Å². The molecule has 0 bridgehead atoms. The molecule has 1 atom stereocenters. The number of hydrogen-bond acceptors (Lipinski definition) is 4. The molecule has 1 aliphatic rings. The molecule has 0 saturated carbocycles. The van der Waals surface area contributed by atoms with Crippen LogP contribution in [0.3, 0.4) is 0 Å². The highest BCUT2D eigenvalue weighted by molar-refractivity contribution is 9.10. The molecule has 1 heterocycles. The third kappa shape index (κ3) is 3.70. The Kier molecular flexibility index (Phi) is 5.32. The molecular weight excluding hydrogens is 472 g/mol. The Bertz CT molecular complexity index is 1240. The van der Waals surface area contributed by atoms with Gasteiger partial charge in [0.25, 0.3) is 11.7 Å². The summed E-state index contributed by atoms with van der Waals surface area (Å²) in [5.74, 6) is -4.86. The minimum absolute atomic E-state index is 0.0656. The lowest BCUT2D eigenvalue weighted by molar-refractivity contribution is -0.132. The first-order valence-electron chi connectivity index (χ1n) is 9.09. The lowest BCUT2D eigenvalue weighted by atomic mass is 9.95. The lowest BCUT2D eigenvalue weighted by Crippen LogP contribution is -2.29. The van der Waals surface area contributed by atoms with E-state index in [1.54, 1.807) is 30.3 Å². The van der Waals surface area contributed by atoms with Crippen LogP contribution in [0.15, 0.2) is 76.8 Å². The minimum Gasteiger partial charge on any atom is -0.508 e. The van der Waals surface area contributed by atoms with Crippen LogP contribution in [0, 0.1) is 11.6 Å². The minimum atomic E-state index is -1.19. The molecule has 1 saturated heterocycles. The molecular formula is C23H14BrF2NO4. The molecule has 156 valence electrons. The highest BCUT2D eigenvalue weighted by Gasteiger charge is 2.47. The molecule has 3 aromatic rings. The van der Waals surface area contributed by atoms with E-state index in [4.69, 9.17) is 0 Å². The summed E-state index contributed by atoms with van der Waals surface area (Å²) in [5, 5.41) is 20.9. The van der Waals surface area contributed by atoms with Gasteiger partial charge in [0.15, 0.2) is 11.6 Å². The van der Waals surface area contributed by atoms with Crippen LogP contribution < -0.4 is 4.90 Å². The van der Waals surface area contributed by atoms with Crippen molar-refractivity contribution >= 4 is 39.1 Å². The van der Waals surface area contributed by atoms with E-state index in [1.807, 2.05) is 0 Å². The highest BCUT2D eigenvalue weighted by atomic mass is 79.9. The van der Waals surface area contributed by atoms with E-state index >= 15 is 0 Å². The maximum absolute atomic E-state index is 13.9. The predicted molar refractivity (Wildman–Crippen MR) is 113 cm³/mol. The highest BCUT2D eigenvalue weighted by Crippen LogP contribution is 2.43. The second-order valence-electron chi connectivity index (χ2n) is 6.87. The number of phenols is 1. The Balaban J connectivity index is 1.96. The molecule has 1 unspecified atom stereocenters. The van der Waals surface area contributed by atoms with E-state index in [0.29, 0.717) is 5.56 Å². The number of nitrogens with zero attached hydrogens (tertiary/aromatic N) is 1. The molecule has 1 fully saturated rings. The van der Waals surface area contributed by atoms with E-state index in [-0.39, 0.29) is 22.6 Å². The zero-order valence-corrected chi connectivity index (χ0v) is 17.3. The summed E-state index contributed by atoms with van der Waals surface area (Å²) in [6.07, 6.45) is 0. The number of benzene rings is 3. The van der Waals surface area contributed by atoms with Gasteiger partial charge in [-0.1, -0.05) is 40.2 Å². The second kappa shape index (κ2) is 7.96. The van der Waals surface area contributed by atoms with E-state index in [2.05, 4.69) is 15.9 Å². The number of aliphatic hydroxyl groups is 1. The normalized spacial score (nSPS) is 17.9. The van der Waals surface area contributed by atoms with Gasteiger partial charge in [-0.05, 0) is 42.0 Å². The Morgan fingerprint density at radius 3 is 2.29 bits per heavy atom. The van der Waals surface area contributed by atoms with Crippen molar-refractivity contribution in [3.63, 3.8) is 0 Å². The van der Waals surface area contributed by atoms with Crippen LogP contribution in [0.1, 0.15) is 17.2 Å². The van der Waals surface area contributed by atoms with Crippen LogP contribution >= 0.6 is 15.9 Å². The standard InChI is InChI=1S/C23H14BrF2NO4/c24-14-6-4-12(5-7-14)21(29)19-20(13-2-1-3-16(28)10-13)27(23(31)22(19)30)15-8-9-17(25)18(26)11-15/h1-11,20,28-29H/b21-19+. The molecule has 4 rings (SSSR count). The van der Waals surface area contributed by atoms with Gasteiger partial charge in [0.1, 0.15) is 11.5 Å². The smallest absolute Gasteiger partial charge is 0.300 e. The van der Waals surface area contributed by atoms with Gasteiger partial charge in [0, 0.05) is 21.8 Å². The number of aliphatic hydroxyl groups excluding tert-OH is 1. The van der Waals surface area contributed by atoms with Gasteiger partial charge in [0.2, 0.25) is 0 Å². The first-order valence-corrected chi connectivity index (χ1v) is 9.88. The SMILES string of the molecule is O=C1C(=O)N(c2ccc(F)c(F)c2)C(c2cccc(O)c2)/C1=C(\O)c1ccc(Br)cc1. The van der Waals surface area contributed by atoms with Gasteiger partial charge in [-0.15, -0.1) is 0 Å². The molecule has 3 aromatic carbocycles. The van der Waals surface area contributed by atoms with Crippen molar-refractivity contribution in [3.05, 3.63) is 99.5 Å². The molecule has 0 aliphatic carbocycles. The number of anilines is 1. The van der Waals surface area contributed by atoms with Gasteiger partial charge in [-0.25, -0.2) is 8.78 Å². The number of aromatic hydroxyl groups is 1. The Morgan fingerprint density at radius 2 is 1.65 bits per heavy atom. The largest absolute Gasteiger partial charge is 0.508 e. The molecule has 2 N–H and O–H groups in total. The summed E-state index contributed by atoms with van der Waals surface area (Å²) in [5.41, 5.74) is 0.297. The molecule has 5 nitrogen and oxygen atoms in total.